The van der Waals surface area contributed by atoms with E-state index in [1.807, 2.05) is 39.8 Å². The van der Waals surface area contributed by atoms with Crippen LogP contribution in [0.1, 0.15) is 27.2 Å². The second-order valence-corrected chi connectivity index (χ2v) is 3.61. The van der Waals surface area contributed by atoms with E-state index in [1.165, 1.54) is 0 Å². The van der Waals surface area contributed by atoms with Crippen molar-refractivity contribution in [3.63, 3.8) is 0 Å². The molecule has 0 radical (unpaired) electrons. The summed E-state index contributed by atoms with van der Waals surface area (Å²) >= 11 is 0. The van der Waals surface area contributed by atoms with E-state index in [4.69, 9.17) is 4.74 Å². The van der Waals surface area contributed by atoms with Crippen LogP contribution in [0.2, 0.25) is 0 Å². The lowest BCUT2D eigenvalue weighted by molar-refractivity contribution is 0.0284. The second kappa shape index (κ2) is 6.96. The Morgan fingerprint density at radius 2 is 2.00 bits per heavy atom. The monoisotopic (exact) mass is 203 g/mol. The van der Waals surface area contributed by atoms with E-state index in [0.717, 1.165) is 12.0 Å². The number of likely N-dealkylation sites (N-methyl/N-ethyl adjacent to an activating group) is 1. The van der Waals surface area contributed by atoms with Gasteiger partial charge in [-0.2, -0.15) is 0 Å². The number of rotatable bonds is 6. The molecule has 0 aromatic rings. The predicted octanol–water partition coefficient (Wildman–Crippen LogP) is 2.61. The fourth-order valence-electron chi connectivity index (χ4n) is 1.76. The number of halogens is 1. The average molecular weight is 203 g/mol. The van der Waals surface area contributed by atoms with Gasteiger partial charge in [-0.3, -0.25) is 0 Å². The number of hydrogen-bond donors (Lipinski definition) is 0. The van der Waals surface area contributed by atoms with Gasteiger partial charge in [0, 0.05) is 6.61 Å². The van der Waals surface area contributed by atoms with Crippen molar-refractivity contribution in [2.45, 2.75) is 39.3 Å². The minimum Gasteiger partial charge on any atom is -0.377 e. The van der Waals surface area contributed by atoms with Crippen LogP contribution in [-0.4, -0.2) is 37.7 Å². The lowest BCUT2D eigenvalue weighted by Gasteiger charge is -2.31. The summed E-state index contributed by atoms with van der Waals surface area (Å²) in [5.41, 5.74) is 0.788. The highest BCUT2D eigenvalue weighted by molar-refractivity contribution is 5.09. The summed E-state index contributed by atoms with van der Waals surface area (Å²) in [4.78, 5) is 2.00. The smallest absolute Gasteiger partial charge is 0.0875 e. The van der Waals surface area contributed by atoms with Crippen LogP contribution in [0.5, 0.6) is 0 Å². The first-order valence-electron chi connectivity index (χ1n) is 5.15. The fraction of sp³-hybridized carbons (Fsp3) is 0.818. The van der Waals surface area contributed by atoms with E-state index in [0.29, 0.717) is 12.9 Å². The molecule has 84 valence electrons. The number of ether oxygens (including phenoxy) is 1. The van der Waals surface area contributed by atoms with Crippen molar-refractivity contribution in [1.29, 1.82) is 0 Å². The molecule has 0 aromatic carbocycles. The lowest BCUT2D eigenvalue weighted by Crippen LogP contribution is -2.40. The molecule has 0 saturated carbocycles. The summed E-state index contributed by atoms with van der Waals surface area (Å²) in [5.74, 6) is 0. The third-order valence-electron chi connectivity index (χ3n) is 2.36. The molecule has 0 heterocycles. The fourth-order valence-corrected chi connectivity index (χ4v) is 1.76. The van der Waals surface area contributed by atoms with Crippen molar-refractivity contribution in [2.75, 3.05) is 20.7 Å². The molecule has 0 amide bonds. The van der Waals surface area contributed by atoms with E-state index in [1.54, 1.807) is 0 Å². The standard InChI is InChI=1S/C11H22FNO/c1-6-10(8-12)11(13(4)5)9(3)14-7-2/h8-9,11H,6-7H2,1-5H3/b10-8-/t9-,11+/m0/s1. The molecule has 0 bridgehead atoms. The molecule has 0 saturated heterocycles. The maximum Gasteiger partial charge on any atom is 0.0875 e. The Morgan fingerprint density at radius 1 is 1.43 bits per heavy atom. The first kappa shape index (κ1) is 13.6. The average Bonchev–Trinajstić information content (AvgIpc) is 2.13. The molecule has 2 atom stereocenters. The third-order valence-corrected chi connectivity index (χ3v) is 2.36. The molecule has 3 heteroatoms. The molecular weight excluding hydrogens is 181 g/mol. The van der Waals surface area contributed by atoms with Gasteiger partial charge in [-0.15, -0.1) is 0 Å². The highest BCUT2D eigenvalue weighted by atomic mass is 19.1. The Balaban J connectivity index is 4.57. The Hall–Kier alpha value is -0.410. The van der Waals surface area contributed by atoms with E-state index in [2.05, 4.69) is 0 Å². The topological polar surface area (TPSA) is 12.5 Å². The van der Waals surface area contributed by atoms with E-state index in [-0.39, 0.29) is 12.1 Å². The summed E-state index contributed by atoms with van der Waals surface area (Å²) in [6.45, 7) is 6.55. The first-order chi connectivity index (χ1) is 6.58. The minimum absolute atomic E-state index is 0.0250. The van der Waals surface area contributed by atoms with Crippen molar-refractivity contribution >= 4 is 0 Å². The molecule has 0 aliphatic carbocycles. The Labute approximate surface area is 86.7 Å². The predicted molar refractivity (Wildman–Crippen MR) is 58.0 cm³/mol. The molecular formula is C11H22FNO. The molecule has 0 aliphatic heterocycles. The normalized spacial score (nSPS) is 17.2. The van der Waals surface area contributed by atoms with Crippen LogP contribution in [-0.2, 0) is 4.74 Å². The minimum atomic E-state index is 0.0250. The summed E-state index contributed by atoms with van der Waals surface area (Å²) in [5, 5.41) is 0. The van der Waals surface area contributed by atoms with Crippen LogP contribution in [0.4, 0.5) is 4.39 Å². The van der Waals surface area contributed by atoms with Crippen LogP contribution >= 0.6 is 0 Å². The zero-order valence-corrected chi connectivity index (χ0v) is 9.88. The zero-order chi connectivity index (χ0) is 11.1. The van der Waals surface area contributed by atoms with Gasteiger partial charge in [0.1, 0.15) is 0 Å². The van der Waals surface area contributed by atoms with Gasteiger partial charge in [-0.25, -0.2) is 4.39 Å². The van der Waals surface area contributed by atoms with Crippen molar-refractivity contribution < 1.29 is 9.13 Å². The van der Waals surface area contributed by atoms with Crippen molar-refractivity contribution in [1.82, 2.24) is 4.90 Å². The quantitative estimate of drug-likeness (QED) is 0.658. The molecule has 0 spiro atoms. The summed E-state index contributed by atoms with van der Waals surface area (Å²) in [6.07, 6.45) is 1.45. The van der Waals surface area contributed by atoms with Gasteiger partial charge in [0.05, 0.1) is 18.5 Å². The SMILES string of the molecule is CCO[C@@H](C)[C@H](/C(=C\F)CC)N(C)C. The molecule has 0 rings (SSSR count). The van der Waals surface area contributed by atoms with Gasteiger partial charge in [0.2, 0.25) is 0 Å². The maximum atomic E-state index is 12.6. The van der Waals surface area contributed by atoms with Crippen LogP contribution in [0, 0.1) is 0 Å². The van der Waals surface area contributed by atoms with Gasteiger partial charge in [-0.05, 0) is 39.9 Å². The van der Waals surface area contributed by atoms with Crippen molar-refractivity contribution in [3.8, 4) is 0 Å². The van der Waals surface area contributed by atoms with E-state index < -0.39 is 0 Å². The highest BCUT2D eigenvalue weighted by Gasteiger charge is 2.23. The van der Waals surface area contributed by atoms with Gasteiger partial charge >= 0.3 is 0 Å². The van der Waals surface area contributed by atoms with Gasteiger partial charge < -0.3 is 9.64 Å². The molecule has 0 unspecified atom stereocenters. The third kappa shape index (κ3) is 3.76. The van der Waals surface area contributed by atoms with E-state index >= 15 is 0 Å². The summed E-state index contributed by atoms with van der Waals surface area (Å²) in [6, 6.07) is 0.0324. The van der Waals surface area contributed by atoms with Crippen LogP contribution in [0.25, 0.3) is 0 Å². The molecule has 0 aromatic heterocycles. The maximum absolute atomic E-state index is 12.6. The Morgan fingerprint density at radius 3 is 2.29 bits per heavy atom. The number of nitrogens with zero attached hydrogens (tertiary/aromatic N) is 1. The molecule has 0 fully saturated rings. The van der Waals surface area contributed by atoms with Gasteiger partial charge in [0.25, 0.3) is 0 Å². The first-order valence-corrected chi connectivity index (χ1v) is 5.15. The van der Waals surface area contributed by atoms with Crippen molar-refractivity contribution in [3.05, 3.63) is 11.9 Å². The molecule has 0 N–H and O–H groups in total. The van der Waals surface area contributed by atoms with Crippen LogP contribution < -0.4 is 0 Å². The Bertz CT molecular complexity index is 180. The highest BCUT2D eigenvalue weighted by Crippen LogP contribution is 2.17. The summed E-state index contributed by atoms with van der Waals surface area (Å²) < 4.78 is 18.1. The zero-order valence-electron chi connectivity index (χ0n) is 9.88. The largest absolute Gasteiger partial charge is 0.377 e. The van der Waals surface area contributed by atoms with Gasteiger partial charge in [0.15, 0.2) is 0 Å². The number of hydrogen-bond acceptors (Lipinski definition) is 2. The van der Waals surface area contributed by atoms with Crippen molar-refractivity contribution in [2.24, 2.45) is 0 Å². The van der Waals surface area contributed by atoms with E-state index in [9.17, 15) is 4.39 Å². The second-order valence-electron chi connectivity index (χ2n) is 3.61. The molecule has 0 aliphatic rings. The molecule has 14 heavy (non-hydrogen) atoms. The van der Waals surface area contributed by atoms with Crippen LogP contribution in [0.15, 0.2) is 11.9 Å². The van der Waals surface area contributed by atoms with Crippen LogP contribution in [0.3, 0.4) is 0 Å². The van der Waals surface area contributed by atoms with Gasteiger partial charge in [-0.1, -0.05) is 6.92 Å². The summed E-state index contributed by atoms with van der Waals surface area (Å²) in [7, 11) is 3.89. The Kier molecular flexibility index (Phi) is 6.75. The lowest BCUT2D eigenvalue weighted by atomic mass is 10.0. The molecule has 2 nitrogen and oxygen atoms in total.